The first kappa shape index (κ1) is 15.4. The third-order valence-electron chi connectivity index (χ3n) is 4.95. The van der Waals surface area contributed by atoms with E-state index in [0.717, 1.165) is 37.4 Å². The predicted octanol–water partition coefficient (Wildman–Crippen LogP) is 3.24. The Bertz CT molecular complexity index is 757. The molecule has 2 heterocycles. The van der Waals surface area contributed by atoms with Gasteiger partial charge in [-0.15, -0.1) is 0 Å². The summed E-state index contributed by atoms with van der Waals surface area (Å²) in [5.41, 5.74) is 5.34. The zero-order valence-corrected chi connectivity index (χ0v) is 13.8. The summed E-state index contributed by atoms with van der Waals surface area (Å²) in [4.78, 5) is 14.1. The van der Waals surface area contributed by atoms with Gasteiger partial charge >= 0.3 is 5.97 Å². The molecule has 0 saturated carbocycles. The van der Waals surface area contributed by atoms with Crippen molar-refractivity contribution in [1.82, 2.24) is 4.90 Å². The maximum Gasteiger partial charge on any atom is 0.338 e. The minimum absolute atomic E-state index is 0.0449. The van der Waals surface area contributed by atoms with E-state index in [4.69, 9.17) is 9.47 Å². The second-order valence-electron chi connectivity index (χ2n) is 6.46. The van der Waals surface area contributed by atoms with Crippen molar-refractivity contribution in [2.45, 2.75) is 26.2 Å². The Kier molecular flexibility index (Phi) is 4.08. The molecule has 0 aromatic heterocycles. The Morgan fingerprint density at radius 1 is 1.17 bits per heavy atom. The van der Waals surface area contributed by atoms with Gasteiger partial charge in [-0.25, -0.2) is 4.79 Å². The highest BCUT2D eigenvalue weighted by atomic mass is 16.5. The maximum atomic E-state index is 11.7. The Balaban J connectivity index is 1.53. The minimum atomic E-state index is -0.213. The summed E-state index contributed by atoms with van der Waals surface area (Å²) in [6.07, 6.45) is 0.0449. The molecule has 0 aliphatic carbocycles. The van der Waals surface area contributed by atoms with E-state index in [1.165, 1.54) is 11.1 Å². The Hall–Kier alpha value is -2.17. The van der Waals surface area contributed by atoms with Gasteiger partial charge in [0.15, 0.2) is 0 Å². The fourth-order valence-electron chi connectivity index (χ4n) is 3.59. The molecule has 1 saturated heterocycles. The number of ether oxygens (including phenoxy) is 2. The van der Waals surface area contributed by atoms with E-state index in [-0.39, 0.29) is 12.1 Å². The number of carbonyl (C=O) groups is 1. The number of morpholine rings is 1. The lowest BCUT2D eigenvalue weighted by atomic mass is 9.94. The van der Waals surface area contributed by atoms with Gasteiger partial charge in [0.05, 0.1) is 18.3 Å². The summed E-state index contributed by atoms with van der Waals surface area (Å²) < 4.78 is 11.2. The topological polar surface area (TPSA) is 38.8 Å². The van der Waals surface area contributed by atoms with E-state index in [9.17, 15) is 4.79 Å². The average Bonchev–Trinajstić information content (AvgIpc) is 2.99. The summed E-state index contributed by atoms with van der Waals surface area (Å²) in [7, 11) is 0. The number of esters is 1. The normalized spacial score (nSPS) is 20.7. The largest absolute Gasteiger partial charge is 0.457 e. The van der Waals surface area contributed by atoms with Crippen molar-refractivity contribution in [3.63, 3.8) is 0 Å². The van der Waals surface area contributed by atoms with Crippen molar-refractivity contribution in [1.29, 1.82) is 0 Å². The highest BCUT2D eigenvalue weighted by Gasteiger charge is 2.28. The zero-order valence-electron chi connectivity index (χ0n) is 13.8. The zero-order chi connectivity index (χ0) is 16.5. The fraction of sp³-hybridized carbons (Fsp3) is 0.350. The van der Waals surface area contributed by atoms with Gasteiger partial charge < -0.3 is 9.47 Å². The van der Waals surface area contributed by atoms with Gasteiger partial charge in [-0.2, -0.15) is 0 Å². The van der Waals surface area contributed by atoms with E-state index >= 15 is 0 Å². The molecule has 0 N–H and O–H groups in total. The van der Waals surface area contributed by atoms with Crippen LogP contribution < -0.4 is 0 Å². The highest BCUT2D eigenvalue weighted by molar-refractivity contribution is 5.93. The number of hydrogen-bond donors (Lipinski definition) is 0. The fourth-order valence-corrected chi connectivity index (χ4v) is 3.59. The van der Waals surface area contributed by atoms with Gasteiger partial charge in [-0.05, 0) is 29.7 Å². The lowest BCUT2D eigenvalue weighted by Crippen LogP contribution is -2.38. The molecular formula is C20H21NO3. The van der Waals surface area contributed by atoms with Gasteiger partial charge in [-0.3, -0.25) is 4.90 Å². The lowest BCUT2D eigenvalue weighted by molar-refractivity contribution is -0.0332. The van der Waals surface area contributed by atoms with E-state index in [2.05, 4.69) is 36.1 Å². The molecule has 2 aromatic rings. The lowest BCUT2D eigenvalue weighted by Gasteiger charge is -2.34. The van der Waals surface area contributed by atoms with Crippen LogP contribution in [-0.4, -0.2) is 30.6 Å². The van der Waals surface area contributed by atoms with Crippen molar-refractivity contribution >= 4 is 5.97 Å². The van der Waals surface area contributed by atoms with E-state index in [0.29, 0.717) is 12.2 Å². The van der Waals surface area contributed by atoms with Crippen LogP contribution in [0.15, 0.2) is 42.5 Å². The molecule has 24 heavy (non-hydrogen) atoms. The smallest absolute Gasteiger partial charge is 0.338 e. The minimum Gasteiger partial charge on any atom is -0.457 e. The molecule has 0 spiro atoms. The van der Waals surface area contributed by atoms with Crippen LogP contribution in [-0.2, 0) is 22.6 Å². The van der Waals surface area contributed by atoms with Gasteiger partial charge in [-0.1, -0.05) is 36.4 Å². The molecule has 0 radical (unpaired) electrons. The van der Waals surface area contributed by atoms with Crippen LogP contribution in [0.5, 0.6) is 0 Å². The second kappa shape index (κ2) is 6.38. The van der Waals surface area contributed by atoms with E-state index < -0.39 is 0 Å². The first-order valence-corrected chi connectivity index (χ1v) is 8.40. The summed E-state index contributed by atoms with van der Waals surface area (Å²) >= 11 is 0. The van der Waals surface area contributed by atoms with Gasteiger partial charge in [0.2, 0.25) is 0 Å². The van der Waals surface area contributed by atoms with Crippen molar-refractivity contribution < 1.29 is 14.3 Å². The number of cyclic esters (lactones) is 1. The number of rotatable bonds is 3. The number of hydrogen-bond acceptors (Lipinski definition) is 4. The average molecular weight is 323 g/mol. The molecular weight excluding hydrogens is 302 g/mol. The molecule has 124 valence electrons. The molecule has 4 heteroatoms. The number of fused-ring (bicyclic) bond motifs is 1. The van der Waals surface area contributed by atoms with Crippen LogP contribution in [0, 0.1) is 6.92 Å². The number of carbonyl (C=O) groups excluding carboxylic acids is 1. The summed E-state index contributed by atoms with van der Waals surface area (Å²) in [6, 6.07) is 14.4. The van der Waals surface area contributed by atoms with Crippen molar-refractivity contribution in [3.8, 4) is 0 Å². The molecule has 1 atom stereocenters. The number of benzene rings is 2. The summed E-state index contributed by atoms with van der Waals surface area (Å²) in [5, 5.41) is 0. The molecule has 2 aromatic carbocycles. The third-order valence-corrected chi connectivity index (χ3v) is 4.95. The first-order valence-electron chi connectivity index (χ1n) is 8.40. The second-order valence-corrected chi connectivity index (χ2v) is 6.46. The highest BCUT2D eigenvalue weighted by Crippen LogP contribution is 2.32. The van der Waals surface area contributed by atoms with E-state index in [1.807, 2.05) is 18.2 Å². The molecule has 1 unspecified atom stereocenters. The first-order chi connectivity index (χ1) is 11.7. The van der Waals surface area contributed by atoms with Gasteiger partial charge in [0, 0.05) is 25.2 Å². The van der Waals surface area contributed by atoms with Crippen molar-refractivity contribution in [3.05, 3.63) is 70.3 Å². The van der Waals surface area contributed by atoms with Crippen LogP contribution in [0.1, 0.15) is 38.7 Å². The Labute approximate surface area is 142 Å². The Morgan fingerprint density at radius 2 is 2.00 bits per heavy atom. The van der Waals surface area contributed by atoms with Crippen LogP contribution in [0.25, 0.3) is 0 Å². The molecule has 4 rings (SSSR count). The van der Waals surface area contributed by atoms with E-state index in [1.54, 1.807) is 0 Å². The van der Waals surface area contributed by atoms with Crippen LogP contribution in [0.3, 0.4) is 0 Å². The maximum absolute atomic E-state index is 11.7. The third kappa shape index (κ3) is 2.83. The molecule has 4 nitrogen and oxygen atoms in total. The van der Waals surface area contributed by atoms with Gasteiger partial charge in [0.25, 0.3) is 0 Å². The summed E-state index contributed by atoms with van der Waals surface area (Å²) in [5.74, 6) is -0.213. The SMILES string of the molecule is Cc1c(C2CN(Cc3ccccc3)CCO2)ccc2c1COC2=O. The van der Waals surface area contributed by atoms with Crippen LogP contribution in [0.2, 0.25) is 0 Å². The molecule has 0 amide bonds. The quantitative estimate of drug-likeness (QED) is 0.813. The predicted molar refractivity (Wildman–Crippen MR) is 90.7 cm³/mol. The monoisotopic (exact) mass is 323 g/mol. The summed E-state index contributed by atoms with van der Waals surface area (Å²) in [6.45, 7) is 5.92. The molecule has 0 bridgehead atoms. The molecule has 2 aliphatic rings. The molecule has 1 fully saturated rings. The van der Waals surface area contributed by atoms with Crippen molar-refractivity contribution in [2.24, 2.45) is 0 Å². The number of nitrogens with zero attached hydrogens (tertiary/aromatic N) is 1. The van der Waals surface area contributed by atoms with Crippen LogP contribution in [0.4, 0.5) is 0 Å². The Morgan fingerprint density at radius 3 is 2.83 bits per heavy atom. The molecule has 2 aliphatic heterocycles. The van der Waals surface area contributed by atoms with Gasteiger partial charge in [0.1, 0.15) is 6.61 Å². The van der Waals surface area contributed by atoms with Crippen molar-refractivity contribution in [2.75, 3.05) is 19.7 Å². The van der Waals surface area contributed by atoms with Crippen LogP contribution >= 0.6 is 0 Å². The standard InChI is InChI=1S/C20H21NO3/c1-14-16(7-8-17-18(14)13-24-20(17)22)19-12-21(9-10-23-19)11-15-5-3-2-4-6-15/h2-8,19H,9-13H2,1H3.